The van der Waals surface area contributed by atoms with Crippen molar-refractivity contribution in [1.29, 1.82) is 0 Å². The minimum absolute atomic E-state index is 0.184. The lowest BCUT2D eigenvalue weighted by molar-refractivity contribution is -0.152. The zero-order valence-electron chi connectivity index (χ0n) is 10.2. The molecule has 1 aliphatic rings. The molecule has 2 amide bonds. The van der Waals surface area contributed by atoms with Crippen molar-refractivity contribution in [3.05, 3.63) is 0 Å². The number of amides is 2. The van der Waals surface area contributed by atoms with Crippen LogP contribution in [0.4, 0.5) is 4.79 Å². The number of imide groups is 1. The molecule has 0 spiro atoms. The average molecular weight is 243 g/mol. The summed E-state index contributed by atoms with van der Waals surface area (Å²) in [4.78, 5) is 35.1. The predicted octanol–water partition coefficient (Wildman–Crippen LogP) is 1.39. The van der Waals surface area contributed by atoms with Gasteiger partial charge in [-0.2, -0.15) is 0 Å². The molecule has 0 bridgehead atoms. The highest BCUT2D eigenvalue weighted by molar-refractivity contribution is 5.97. The quantitative estimate of drug-likeness (QED) is 0.752. The molecule has 1 aliphatic heterocycles. The van der Waals surface area contributed by atoms with E-state index in [0.29, 0.717) is 6.42 Å². The molecular formula is C11H17NO5. The first-order valence-corrected chi connectivity index (χ1v) is 5.50. The fourth-order valence-electron chi connectivity index (χ4n) is 1.64. The number of nitrogens with zero attached hydrogens (tertiary/aromatic N) is 1. The van der Waals surface area contributed by atoms with Crippen molar-refractivity contribution < 1.29 is 24.2 Å². The van der Waals surface area contributed by atoms with Crippen LogP contribution in [-0.4, -0.2) is 39.6 Å². The summed E-state index contributed by atoms with van der Waals surface area (Å²) in [6.07, 6.45) is 0.0629. The number of rotatable bonds is 1. The number of aliphatic carboxylic acids is 1. The van der Waals surface area contributed by atoms with Gasteiger partial charge >= 0.3 is 12.1 Å². The van der Waals surface area contributed by atoms with Crippen molar-refractivity contribution in [3.63, 3.8) is 0 Å². The second-order valence-corrected chi connectivity index (χ2v) is 4.99. The van der Waals surface area contributed by atoms with Crippen LogP contribution in [0.3, 0.4) is 0 Å². The lowest BCUT2D eigenvalue weighted by Crippen LogP contribution is -2.52. The number of carbonyl (C=O) groups is 3. The molecule has 1 saturated heterocycles. The van der Waals surface area contributed by atoms with Crippen LogP contribution in [-0.2, 0) is 14.3 Å². The van der Waals surface area contributed by atoms with E-state index in [9.17, 15) is 14.4 Å². The molecule has 1 rings (SSSR count). The zero-order chi connectivity index (χ0) is 13.2. The molecule has 1 atom stereocenters. The van der Waals surface area contributed by atoms with Crippen LogP contribution in [0.1, 0.15) is 40.0 Å². The molecule has 0 aromatic heterocycles. The Balaban J connectivity index is 2.85. The minimum atomic E-state index is -1.18. The molecule has 17 heavy (non-hydrogen) atoms. The Morgan fingerprint density at radius 1 is 1.41 bits per heavy atom. The van der Waals surface area contributed by atoms with E-state index < -0.39 is 29.6 Å². The highest BCUT2D eigenvalue weighted by Crippen LogP contribution is 2.21. The highest BCUT2D eigenvalue weighted by atomic mass is 16.6. The first-order valence-electron chi connectivity index (χ1n) is 5.50. The van der Waals surface area contributed by atoms with Crippen LogP contribution in [0.15, 0.2) is 0 Å². The number of ether oxygens (including phenoxy) is 1. The van der Waals surface area contributed by atoms with E-state index in [2.05, 4.69) is 0 Å². The summed E-state index contributed by atoms with van der Waals surface area (Å²) < 4.78 is 5.03. The SMILES string of the molecule is CC(C)(C)OC(=O)N1C(=O)CCC[C@@H]1C(=O)O. The first kappa shape index (κ1) is 13.5. The van der Waals surface area contributed by atoms with E-state index in [1.807, 2.05) is 0 Å². The number of hydrogen-bond acceptors (Lipinski definition) is 4. The Kier molecular flexibility index (Phi) is 3.75. The van der Waals surface area contributed by atoms with Gasteiger partial charge in [0.25, 0.3) is 0 Å². The lowest BCUT2D eigenvalue weighted by atomic mass is 10.0. The molecule has 6 nitrogen and oxygen atoms in total. The number of carbonyl (C=O) groups excluding carboxylic acids is 2. The van der Waals surface area contributed by atoms with Crippen molar-refractivity contribution in [1.82, 2.24) is 4.90 Å². The van der Waals surface area contributed by atoms with E-state index in [1.54, 1.807) is 20.8 Å². The molecule has 0 radical (unpaired) electrons. The minimum Gasteiger partial charge on any atom is -0.480 e. The average Bonchev–Trinajstić information content (AvgIpc) is 2.13. The third kappa shape index (κ3) is 3.44. The van der Waals surface area contributed by atoms with E-state index in [1.165, 1.54) is 0 Å². The Morgan fingerprint density at radius 2 is 2.00 bits per heavy atom. The monoisotopic (exact) mass is 243 g/mol. The van der Waals surface area contributed by atoms with Gasteiger partial charge in [-0.15, -0.1) is 0 Å². The molecule has 1 N–H and O–H groups in total. The summed E-state index contributed by atoms with van der Waals surface area (Å²) in [6, 6.07) is -1.11. The van der Waals surface area contributed by atoms with Crippen molar-refractivity contribution >= 4 is 18.0 Å². The van der Waals surface area contributed by atoms with Gasteiger partial charge in [0.05, 0.1) is 0 Å². The second kappa shape index (κ2) is 4.73. The normalized spacial score (nSPS) is 21.2. The standard InChI is InChI=1S/C11H17NO5/c1-11(2,3)17-10(16)12-7(9(14)15)5-4-6-8(12)13/h7H,4-6H2,1-3H3,(H,14,15)/t7-/m1/s1. The van der Waals surface area contributed by atoms with Gasteiger partial charge in [0.15, 0.2) is 0 Å². The summed E-state index contributed by atoms with van der Waals surface area (Å²) in [5, 5.41) is 8.97. The maximum atomic E-state index is 11.8. The zero-order valence-corrected chi connectivity index (χ0v) is 10.2. The number of carboxylic acids is 1. The van der Waals surface area contributed by atoms with Gasteiger partial charge in [0, 0.05) is 6.42 Å². The van der Waals surface area contributed by atoms with Crippen LogP contribution < -0.4 is 0 Å². The molecule has 6 heteroatoms. The molecular weight excluding hydrogens is 226 g/mol. The maximum absolute atomic E-state index is 11.8. The predicted molar refractivity (Wildman–Crippen MR) is 58.4 cm³/mol. The Hall–Kier alpha value is -1.59. The van der Waals surface area contributed by atoms with Gasteiger partial charge in [-0.25, -0.2) is 14.5 Å². The molecule has 0 aromatic rings. The van der Waals surface area contributed by atoms with E-state index in [-0.39, 0.29) is 12.8 Å². The summed E-state index contributed by atoms with van der Waals surface area (Å²) in [7, 11) is 0. The number of hydrogen-bond donors (Lipinski definition) is 1. The summed E-state index contributed by atoms with van der Waals surface area (Å²) >= 11 is 0. The fraction of sp³-hybridized carbons (Fsp3) is 0.727. The maximum Gasteiger partial charge on any atom is 0.417 e. The van der Waals surface area contributed by atoms with Gasteiger partial charge in [0.2, 0.25) is 5.91 Å². The molecule has 0 saturated carbocycles. The lowest BCUT2D eigenvalue weighted by Gasteiger charge is -2.32. The van der Waals surface area contributed by atoms with Crippen LogP contribution in [0.25, 0.3) is 0 Å². The van der Waals surface area contributed by atoms with Crippen LogP contribution in [0.2, 0.25) is 0 Å². The van der Waals surface area contributed by atoms with Gasteiger partial charge in [0.1, 0.15) is 11.6 Å². The fourth-order valence-corrected chi connectivity index (χ4v) is 1.64. The molecule has 0 unspecified atom stereocenters. The molecule has 96 valence electrons. The summed E-state index contributed by atoms with van der Waals surface area (Å²) in [5.41, 5.74) is -0.752. The van der Waals surface area contributed by atoms with Crippen molar-refractivity contribution in [2.45, 2.75) is 51.7 Å². The van der Waals surface area contributed by atoms with E-state index in [0.717, 1.165) is 4.90 Å². The van der Waals surface area contributed by atoms with Crippen molar-refractivity contribution in [2.75, 3.05) is 0 Å². The third-order valence-electron chi connectivity index (χ3n) is 2.32. The molecule has 0 aliphatic carbocycles. The van der Waals surface area contributed by atoms with Crippen LogP contribution in [0, 0.1) is 0 Å². The third-order valence-corrected chi connectivity index (χ3v) is 2.32. The van der Waals surface area contributed by atoms with Crippen LogP contribution >= 0.6 is 0 Å². The molecule has 1 fully saturated rings. The van der Waals surface area contributed by atoms with Gasteiger partial charge in [-0.3, -0.25) is 4.79 Å². The largest absolute Gasteiger partial charge is 0.480 e. The Morgan fingerprint density at radius 3 is 2.47 bits per heavy atom. The summed E-state index contributed by atoms with van der Waals surface area (Å²) in [6.45, 7) is 4.99. The smallest absolute Gasteiger partial charge is 0.417 e. The molecule has 0 aromatic carbocycles. The van der Waals surface area contributed by atoms with E-state index in [4.69, 9.17) is 9.84 Å². The Bertz CT molecular complexity index is 344. The molecule has 1 heterocycles. The van der Waals surface area contributed by atoms with Gasteiger partial charge in [-0.05, 0) is 33.6 Å². The van der Waals surface area contributed by atoms with Crippen LogP contribution in [0.5, 0.6) is 0 Å². The second-order valence-electron chi connectivity index (χ2n) is 4.99. The Labute approximate surface area is 99.5 Å². The number of likely N-dealkylation sites (tertiary alicyclic amines) is 1. The summed E-state index contributed by atoms with van der Waals surface area (Å²) in [5.74, 6) is -1.66. The van der Waals surface area contributed by atoms with E-state index >= 15 is 0 Å². The van der Waals surface area contributed by atoms with Crippen molar-refractivity contribution in [2.24, 2.45) is 0 Å². The topological polar surface area (TPSA) is 83.9 Å². The first-order chi connectivity index (χ1) is 7.72. The van der Waals surface area contributed by atoms with Gasteiger partial charge < -0.3 is 9.84 Å². The van der Waals surface area contributed by atoms with Gasteiger partial charge in [-0.1, -0.05) is 0 Å². The number of carboxylic acid groups (broad SMARTS) is 1. The van der Waals surface area contributed by atoms with Crippen molar-refractivity contribution in [3.8, 4) is 0 Å². The highest BCUT2D eigenvalue weighted by Gasteiger charge is 2.39. The number of piperidine rings is 1.